The molecule has 3 aromatic rings. The molecule has 0 aliphatic heterocycles. The highest BCUT2D eigenvalue weighted by Crippen LogP contribution is 2.43. The highest BCUT2D eigenvalue weighted by atomic mass is 31.2. The Labute approximate surface area is 238 Å². The molecule has 3 heterocycles. The molecule has 0 aliphatic rings. The van der Waals surface area contributed by atoms with Crippen LogP contribution in [0.5, 0.6) is 0 Å². The van der Waals surface area contributed by atoms with Gasteiger partial charge in [0.1, 0.15) is 23.6 Å². The third-order valence-electron chi connectivity index (χ3n) is 6.11. The van der Waals surface area contributed by atoms with Gasteiger partial charge in [-0.15, -0.1) is 0 Å². The first-order chi connectivity index (χ1) is 18.7. The average molecular weight is 568 g/mol. The number of rotatable bonds is 13. The third-order valence-corrected chi connectivity index (χ3v) is 6.96. The summed E-state index contributed by atoms with van der Waals surface area (Å²) in [4.78, 5) is 37.0. The van der Waals surface area contributed by atoms with Crippen molar-refractivity contribution in [1.82, 2.24) is 28.7 Å². The molecule has 0 aromatic carbocycles. The van der Waals surface area contributed by atoms with Crippen molar-refractivity contribution in [3.63, 3.8) is 0 Å². The maximum absolute atomic E-state index is 8.05. The van der Waals surface area contributed by atoms with Gasteiger partial charge < -0.3 is 13.7 Å². The first-order valence-electron chi connectivity index (χ1n) is 14.8. The molecule has 0 unspecified atom stereocenters. The van der Waals surface area contributed by atoms with Crippen molar-refractivity contribution in [2.45, 2.75) is 126 Å². The van der Waals surface area contributed by atoms with Crippen LogP contribution in [-0.4, -0.2) is 49.5 Å². The number of aromatic nitrogens is 6. The zero-order valence-electron chi connectivity index (χ0n) is 25.6. The maximum Gasteiger partial charge on any atom is 0.403 e. The number of unbranched alkanes of at least 4 members (excludes halogenated alkanes) is 3. The van der Waals surface area contributed by atoms with Crippen LogP contribution in [0.25, 0.3) is 0 Å². The van der Waals surface area contributed by atoms with E-state index in [1.165, 1.54) is 62.9 Å². The molecule has 3 rings (SSSR count). The second kappa shape index (κ2) is 22.7. The lowest BCUT2D eigenvalue weighted by molar-refractivity contribution is 0.332. The Morgan fingerprint density at radius 1 is 0.538 bits per heavy atom. The molecule has 39 heavy (non-hydrogen) atoms. The van der Waals surface area contributed by atoms with E-state index in [0.717, 1.165) is 38.9 Å². The van der Waals surface area contributed by atoms with Crippen molar-refractivity contribution >= 4 is 7.94 Å². The first-order valence-corrected chi connectivity index (χ1v) is 16.6. The van der Waals surface area contributed by atoms with Crippen LogP contribution in [0.15, 0.2) is 37.2 Å². The Balaban J connectivity index is 0.000000505. The zero-order chi connectivity index (χ0) is 29.5. The lowest BCUT2D eigenvalue weighted by Crippen LogP contribution is -2.00. The van der Waals surface area contributed by atoms with Crippen LogP contribution in [-0.2, 0) is 38.9 Å². The normalized spacial score (nSPS) is 10.6. The molecule has 10 heteroatoms. The van der Waals surface area contributed by atoms with Crippen molar-refractivity contribution in [1.29, 1.82) is 0 Å². The van der Waals surface area contributed by atoms with Gasteiger partial charge >= 0.3 is 7.94 Å². The summed E-state index contributed by atoms with van der Waals surface area (Å²) in [7, 11) is -3.40. The highest BCUT2D eigenvalue weighted by molar-refractivity contribution is 7.58. The molecule has 0 saturated carbocycles. The lowest BCUT2D eigenvalue weighted by Gasteiger charge is -2.02. The minimum Gasteiger partial charge on any atom is -0.335 e. The number of nitrogens with zero attached hydrogens (tertiary/aromatic N) is 6. The first kappa shape index (κ1) is 36.9. The zero-order valence-corrected chi connectivity index (χ0v) is 26.5. The van der Waals surface area contributed by atoms with E-state index in [1.807, 2.05) is 37.2 Å². The summed E-state index contributed by atoms with van der Waals surface area (Å²) >= 11 is 0. The van der Waals surface area contributed by atoms with Crippen LogP contribution in [0.2, 0.25) is 0 Å². The fourth-order valence-corrected chi connectivity index (χ4v) is 3.57. The molecule has 0 fully saturated rings. The molecule has 0 saturated heterocycles. The Morgan fingerprint density at radius 2 is 0.795 bits per heavy atom. The maximum atomic E-state index is 8.05. The highest BCUT2D eigenvalue weighted by Gasteiger charge is 2.24. The number of imidazole rings is 3. The van der Waals surface area contributed by atoms with Gasteiger partial charge in [0, 0.05) is 76.1 Å². The van der Waals surface area contributed by atoms with E-state index in [4.69, 9.17) is 14.7 Å². The molecule has 224 valence electrons. The predicted octanol–water partition coefficient (Wildman–Crippen LogP) is 6.48. The summed E-state index contributed by atoms with van der Waals surface area (Å²) in [6.07, 6.45) is 22.7. The summed E-state index contributed by atoms with van der Waals surface area (Å²) in [6, 6.07) is 0. The van der Waals surface area contributed by atoms with E-state index in [1.54, 1.807) is 0 Å². The number of aryl methyl sites for hydroxylation is 6. The average Bonchev–Trinajstić information content (AvgIpc) is 3.70. The molecule has 0 bridgehead atoms. The van der Waals surface area contributed by atoms with E-state index in [0.29, 0.717) is 0 Å². The van der Waals surface area contributed by atoms with E-state index in [9.17, 15) is 0 Å². The third kappa shape index (κ3) is 17.3. The van der Waals surface area contributed by atoms with Gasteiger partial charge in [0.15, 0.2) is 0 Å². The summed E-state index contributed by atoms with van der Waals surface area (Å²) in [6.45, 7) is 17.7. The van der Waals surface area contributed by atoms with Crippen LogP contribution in [0.3, 0.4) is 0 Å². The van der Waals surface area contributed by atoms with Gasteiger partial charge in [-0.1, -0.05) is 40.0 Å². The second-order valence-electron chi connectivity index (χ2n) is 9.21. The van der Waals surface area contributed by atoms with Gasteiger partial charge in [-0.3, -0.25) is 0 Å². The van der Waals surface area contributed by atoms with Gasteiger partial charge in [-0.25, -0.2) is 15.0 Å². The van der Waals surface area contributed by atoms with Gasteiger partial charge in [0.05, 0.1) is 0 Å². The Bertz CT molecular complexity index is 839. The van der Waals surface area contributed by atoms with Crippen LogP contribution in [0.1, 0.15) is 104 Å². The molecule has 3 aromatic heterocycles. The summed E-state index contributed by atoms with van der Waals surface area (Å²) < 4.78 is 6.61. The summed E-state index contributed by atoms with van der Waals surface area (Å²) in [5.41, 5.74) is 0. The molecule has 0 aliphatic carbocycles. The van der Waals surface area contributed by atoms with Crippen LogP contribution < -0.4 is 0 Å². The van der Waals surface area contributed by atoms with E-state index < -0.39 is 7.94 Å². The standard InChI is InChI=1S/3C9H16N2.C2H8O3P/c3*1-3-5-6-9-10-7-8-11(9)4-2;1-2-6(3,4)5/h3*7-8H,3-6H2,1-2H3;3-5H,2H2,1H3/q;;;+1. The van der Waals surface area contributed by atoms with Crippen molar-refractivity contribution in [3.05, 3.63) is 54.7 Å². The van der Waals surface area contributed by atoms with Crippen molar-refractivity contribution in [2.24, 2.45) is 0 Å². The van der Waals surface area contributed by atoms with Gasteiger partial charge in [-0.05, 0) is 47.0 Å². The van der Waals surface area contributed by atoms with Crippen LogP contribution in [0.4, 0.5) is 0 Å². The Kier molecular flexibility index (Phi) is 21.5. The smallest absolute Gasteiger partial charge is 0.335 e. The molecule has 0 spiro atoms. The largest absolute Gasteiger partial charge is 0.403 e. The quantitative estimate of drug-likeness (QED) is 0.204. The minimum atomic E-state index is -3.40. The molecular weight excluding hydrogens is 511 g/mol. The van der Waals surface area contributed by atoms with Gasteiger partial charge in [0.2, 0.25) is 0 Å². The molecular formula is C29H56N6O3P+. The fraction of sp³-hybridized carbons (Fsp3) is 0.690. The molecule has 0 amide bonds. The molecule has 0 atom stereocenters. The number of hydrogen-bond donors (Lipinski definition) is 3. The molecule has 0 radical (unpaired) electrons. The molecule has 9 nitrogen and oxygen atoms in total. The number of hydrogen-bond acceptors (Lipinski definition) is 6. The van der Waals surface area contributed by atoms with Crippen LogP contribution >= 0.6 is 7.94 Å². The summed E-state index contributed by atoms with van der Waals surface area (Å²) in [5, 5.41) is 0. The Morgan fingerprint density at radius 3 is 0.974 bits per heavy atom. The van der Waals surface area contributed by atoms with E-state index in [2.05, 4.69) is 70.2 Å². The van der Waals surface area contributed by atoms with Gasteiger partial charge in [-0.2, -0.15) is 14.7 Å². The Hall–Kier alpha value is -2.06. The lowest BCUT2D eigenvalue weighted by atomic mass is 10.2. The fourth-order valence-electron chi connectivity index (χ4n) is 3.57. The monoisotopic (exact) mass is 567 g/mol. The SMILES string of the molecule is CCCCc1nccn1CC.CCCCc1nccn1CC.CCCCc1nccn1CC.CC[P+](O)(O)O. The van der Waals surface area contributed by atoms with E-state index in [-0.39, 0.29) is 6.16 Å². The van der Waals surface area contributed by atoms with E-state index >= 15 is 0 Å². The summed E-state index contributed by atoms with van der Waals surface area (Å²) in [5.74, 6) is 3.69. The van der Waals surface area contributed by atoms with Crippen molar-refractivity contribution in [2.75, 3.05) is 6.16 Å². The van der Waals surface area contributed by atoms with Crippen molar-refractivity contribution in [3.8, 4) is 0 Å². The second-order valence-corrected chi connectivity index (χ2v) is 11.2. The van der Waals surface area contributed by atoms with Gasteiger partial charge in [0.25, 0.3) is 0 Å². The molecule has 3 N–H and O–H groups in total. The topological polar surface area (TPSA) is 114 Å². The van der Waals surface area contributed by atoms with Crippen molar-refractivity contribution < 1.29 is 14.7 Å². The minimum absolute atomic E-state index is 0.0486. The predicted molar refractivity (Wildman–Crippen MR) is 164 cm³/mol. The van der Waals surface area contributed by atoms with Crippen LogP contribution in [0, 0.1) is 0 Å².